The molecule has 1 aromatic heterocycles. The fraction of sp³-hybridized carbons (Fsp3) is 0.235. The Morgan fingerprint density at radius 3 is 2.87 bits per heavy atom. The van der Waals surface area contributed by atoms with Crippen LogP contribution < -0.4 is 5.32 Å². The summed E-state index contributed by atoms with van der Waals surface area (Å²) in [6.07, 6.45) is 9.66. The number of allylic oxidation sites excluding steroid dienone is 5. The number of amides is 1. The SMILES string of the molecule is CC(=O)NC(CSC(C)=CC=C1C=Cc2ncccc21)C(=O)O. The van der Waals surface area contributed by atoms with Gasteiger partial charge in [0, 0.05) is 24.4 Å². The van der Waals surface area contributed by atoms with Crippen LogP contribution in [0.3, 0.4) is 0 Å². The first-order valence-electron chi connectivity index (χ1n) is 7.12. The van der Waals surface area contributed by atoms with E-state index in [1.54, 1.807) is 6.20 Å². The molecular formula is C17H18N2O3S. The minimum absolute atomic E-state index is 0.286. The van der Waals surface area contributed by atoms with Crippen LogP contribution in [0.1, 0.15) is 25.1 Å². The van der Waals surface area contributed by atoms with Gasteiger partial charge in [-0.05, 0) is 29.5 Å². The molecule has 1 unspecified atom stereocenters. The molecule has 1 heterocycles. The fourth-order valence-corrected chi connectivity index (χ4v) is 2.91. The topological polar surface area (TPSA) is 79.3 Å². The second-order valence-electron chi connectivity index (χ2n) is 5.07. The van der Waals surface area contributed by atoms with Gasteiger partial charge in [0.25, 0.3) is 0 Å². The number of carboxylic acid groups (broad SMARTS) is 1. The number of hydrogen-bond donors (Lipinski definition) is 2. The van der Waals surface area contributed by atoms with Gasteiger partial charge >= 0.3 is 5.97 Å². The van der Waals surface area contributed by atoms with E-state index in [9.17, 15) is 9.59 Å². The number of aromatic nitrogens is 1. The number of carbonyl (C=O) groups excluding carboxylic acids is 1. The van der Waals surface area contributed by atoms with Crippen LogP contribution in [0.4, 0.5) is 0 Å². The van der Waals surface area contributed by atoms with Crippen molar-refractivity contribution in [1.82, 2.24) is 10.3 Å². The second-order valence-corrected chi connectivity index (χ2v) is 6.34. The molecule has 1 amide bonds. The van der Waals surface area contributed by atoms with Crippen molar-refractivity contribution in [3.8, 4) is 0 Å². The molecule has 0 bridgehead atoms. The van der Waals surface area contributed by atoms with Crippen LogP contribution in [0.5, 0.6) is 0 Å². The van der Waals surface area contributed by atoms with Gasteiger partial charge in [-0.2, -0.15) is 0 Å². The number of fused-ring (bicyclic) bond motifs is 1. The van der Waals surface area contributed by atoms with Crippen molar-refractivity contribution in [3.05, 3.63) is 52.7 Å². The minimum atomic E-state index is -1.03. The number of nitrogens with one attached hydrogen (secondary N) is 1. The van der Waals surface area contributed by atoms with Crippen molar-refractivity contribution < 1.29 is 14.7 Å². The standard InChI is InChI=1S/C17H18N2O3S/c1-11(23-10-16(17(21)22)19-12(2)20)5-6-13-7-8-15-14(13)4-3-9-18-15/h3-9,16H,10H2,1-2H3,(H,19,20)(H,21,22). The van der Waals surface area contributed by atoms with Gasteiger partial charge in [-0.3, -0.25) is 9.78 Å². The first-order valence-corrected chi connectivity index (χ1v) is 8.10. The Balaban J connectivity index is 1.98. The van der Waals surface area contributed by atoms with Gasteiger partial charge in [-0.25, -0.2) is 4.79 Å². The van der Waals surface area contributed by atoms with E-state index in [1.807, 2.05) is 43.4 Å². The molecule has 0 saturated carbocycles. The van der Waals surface area contributed by atoms with Gasteiger partial charge in [0.15, 0.2) is 0 Å². The van der Waals surface area contributed by atoms with Gasteiger partial charge < -0.3 is 10.4 Å². The number of aliphatic carboxylic acids is 1. The number of pyridine rings is 1. The highest BCUT2D eigenvalue weighted by Gasteiger charge is 2.18. The molecule has 1 atom stereocenters. The molecule has 5 nitrogen and oxygen atoms in total. The molecule has 0 radical (unpaired) electrons. The van der Waals surface area contributed by atoms with Crippen LogP contribution >= 0.6 is 11.8 Å². The number of carbonyl (C=O) groups is 2. The van der Waals surface area contributed by atoms with Gasteiger partial charge in [0.1, 0.15) is 6.04 Å². The Morgan fingerprint density at radius 2 is 2.17 bits per heavy atom. The molecule has 0 fully saturated rings. The first-order chi connectivity index (χ1) is 11.0. The molecule has 0 aliphatic heterocycles. The normalized spacial score (nSPS) is 16.3. The molecule has 6 heteroatoms. The zero-order chi connectivity index (χ0) is 16.8. The molecule has 2 rings (SSSR count). The summed E-state index contributed by atoms with van der Waals surface area (Å²) in [7, 11) is 0. The maximum absolute atomic E-state index is 11.1. The molecule has 23 heavy (non-hydrogen) atoms. The Bertz CT molecular complexity index is 708. The zero-order valence-electron chi connectivity index (χ0n) is 12.9. The summed E-state index contributed by atoms with van der Waals surface area (Å²) in [6, 6.07) is 3.03. The van der Waals surface area contributed by atoms with Crippen LogP contribution in [0, 0.1) is 0 Å². The highest BCUT2D eigenvalue weighted by molar-refractivity contribution is 8.03. The van der Waals surface area contributed by atoms with Crippen LogP contribution in [0.25, 0.3) is 11.6 Å². The summed E-state index contributed by atoms with van der Waals surface area (Å²) in [5.41, 5.74) is 3.11. The van der Waals surface area contributed by atoms with Crippen LogP contribution in [0.2, 0.25) is 0 Å². The fourth-order valence-electron chi connectivity index (χ4n) is 2.09. The second kappa shape index (κ2) is 7.78. The van der Waals surface area contributed by atoms with Crippen molar-refractivity contribution in [2.24, 2.45) is 0 Å². The average molecular weight is 330 g/mol. The lowest BCUT2D eigenvalue weighted by Gasteiger charge is -2.12. The lowest BCUT2D eigenvalue weighted by molar-refractivity contribution is -0.140. The van der Waals surface area contributed by atoms with Crippen molar-refractivity contribution in [1.29, 1.82) is 0 Å². The summed E-state index contributed by atoms with van der Waals surface area (Å²) < 4.78 is 0. The number of thioether (sulfide) groups is 1. The van der Waals surface area contributed by atoms with Crippen molar-refractivity contribution in [2.45, 2.75) is 19.9 Å². The first kappa shape index (κ1) is 17.0. The van der Waals surface area contributed by atoms with E-state index in [1.165, 1.54) is 18.7 Å². The summed E-state index contributed by atoms with van der Waals surface area (Å²) >= 11 is 1.40. The average Bonchev–Trinajstić information content (AvgIpc) is 2.92. The van der Waals surface area contributed by atoms with Crippen molar-refractivity contribution >= 4 is 35.3 Å². The van der Waals surface area contributed by atoms with Crippen LogP contribution in [-0.4, -0.2) is 33.8 Å². The summed E-state index contributed by atoms with van der Waals surface area (Å²) in [5.74, 6) is -1.09. The monoisotopic (exact) mass is 330 g/mol. The Morgan fingerprint density at radius 1 is 1.39 bits per heavy atom. The Labute approximate surface area is 139 Å². The minimum Gasteiger partial charge on any atom is -0.480 e. The maximum atomic E-state index is 11.1. The van der Waals surface area contributed by atoms with E-state index in [-0.39, 0.29) is 11.7 Å². The Kier molecular flexibility index (Phi) is 5.76. The zero-order valence-corrected chi connectivity index (χ0v) is 13.8. The van der Waals surface area contributed by atoms with E-state index in [4.69, 9.17) is 5.11 Å². The van der Waals surface area contributed by atoms with E-state index in [2.05, 4.69) is 10.3 Å². The highest BCUT2D eigenvalue weighted by Crippen LogP contribution is 2.27. The van der Waals surface area contributed by atoms with Crippen molar-refractivity contribution in [3.63, 3.8) is 0 Å². The maximum Gasteiger partial charge on any atom is 0.327 e. The summed E-state index contributed by atoms with van der Waals surface area (Å²) in [6.45, 7) is 3.23. The predicted octanol–water partition coefficient (Wildman–Crippen LogP) is 2.72. The summed E-state index contributed by atoms with van der Waals surface area (Å²) in [4.78, 5) is 27.3. The molecule has 1 aromatic rings. The quantitative estimate of drug-likeness (QED) is 0.838. The van der Waals surface area contributed by atoms with E-state index in [0.717, 1.165) is 21.7 Å². The third kappa shape index (κ3) is 4.82. The van der Waals surface area contributed by atoms with Crippen molar-refractivity contribution in [2.75, 3.05) is 5.75 Å². The lowest BCUT2D eigenvalue weighted by Crippen LogP contribution is -2.41. The molecular weight excluding hydrogens is 312 g/mol. The van der Waals surface area contributed by atoms with Gasteiger partial charge in [-0.1, -0.05) is 24.3 Å². The predicted molar refractivity (Wildman–Crippen MR) is 92.7 cm³/mol. The number of hydrogen-bond acceptors (Lipinski definition) is 4. The third-order valence-corrected chi connectivity index (χ3v) is 4.31. The molecule has 0 aromatic carbocycles. The van der Waals surface area contributed by atoms with E-state index >= 15 is 0 Å². The van der Waals surface area contributed by atoms with Gasteiger partial charge in [0.2, 0.25) is 5.91 Å². The smallest absolute Gasteiger partial charge is 0.327 e. The third-order valence-electron chi connectivity index (χ3n) is 3.22. The summed E-state index contributed by atoms with van der Waals surface area (Å²) in [5, 5.41) is 11.5. The lowest BCUT2D eigenvalue weighted by atomic mass is 10.1. The van der Waals surface area contributed by atoms with Gasteiger partial charge in [0.05, 0.1) is 5.69 Å². The number of nitrogens with zero attached hydrogens (tertiary/aromatic N) is 1. The van der Waals surface area contributed by atoms with Gasteiger partial charge in [-0.15, -0.1) is 11.8 Å². The molecule has 1 aliphatic rings. The largest absolute Gasteiger partial charge is 0.480 e. The molecule has 2 N–H and O–H groups in total. The Hall–Kier alpha value is -2.34. The van der Waals surface area contributed by atoms with Crippen LogP contribution in [-0.2, 0) is 9.59 Å². The molecule has 120 valence electrons. The molecule has 0 saturated heterocycles. The highest BCUT2D eigenvalue weighted by atomic mass is 32.2. The number of carboxylic acids is 1. The van der Waals surface area contributed by atoms with Crippen LogP contribution in [0.15, 0.2) is 41.5 Å². The number of rotatable bonds is 6. The molecule has 0 spiro atoms. The van der Waals surface area contributed by atoms with E-state index < -0.39 is 12.0 Å². The molecule has 1 aliphatic carbocycles. The van der Waals surface area contributed by atoms with E-state index in [0.29, 0.717) is 0 Å².